The second-order valence-corrected chi connectivity index (χ2v) is 4.05. The summed E-state index contributed by atoms with van der Waals surface area (Å²) in [5.41, 5.74) is 0. The normalized spacial score (nSPS) is 31.2. The highest BCUT2D eigenvalue weighted by molar-refractivity contribution is 14.1. The number of hydrogen-bond acceptors (Lipinski definition) is 3. The molecule has 2 aliphatic rings. The number of alkyl halides is 1. The fourth-order valence-corrected chi connectivity index (χ4v) is 2.36. The van der Waals surface area contributed by atoms with E-state index in [4.69, 9.17) is 4.74 Å². The molecule has 5 heteroatoms. The molecule has 0 aromatic rings. The summed E-state index contributed by atoms with van der Waals surface area (Å²) in [6, 6.07) is 0.118. The SMILES string of the molecule is O=C1CC2CC1CN2C(=O)OCI. The molecule has 1 saturated carbocycles. The fourth-order valence-electron chi connectivity index (χ4n) is 2.10. The number of nitrogens with zero attached hydrogens (tertiary/aromatic N) is 1. The van der Waals surface area contributed by atoms with Crippen molar-refractivity contribution in [2.45, 2.75) is 18.9 Å². The summed E-state index contributed by atoms with van der Waals surface area (Å²) >= 11 is 1.99. The molecule has 1 heterocycles. The van der Waals surface area contributed by atoms with E-state index in [1.54, 1.807) is 4.90 Å². The van der Waals surface area contributed by atoms with Gasteiger partial charge in [0.05, 0.1) is 0 Å². The molecule has 0 aromatic carbocycles. The van der Waals surface area contributed by atoms with Crippen LogP contribution in [-0.4, -0.2) is 34.0 Å². The van der Waals surface area contributed by atoms with Gasteiger partial charge in [-0.2, -0.15) is 0 Å². The Kier molecular flexibility index (Phi) is 2.44. The number of halogens is 1. The highest BCUT2D eigenvalue weighted by atomic mass is 127. The number of hydrogen-bond donors (Lipinski definition) is 0. The second-order valence-electron chi connectivity index (χ2n) is 3.43. The van der Waals surface area contributed by atoms with Crippen LogP contribution in [0.5, 0.6) is 0 Å². The van der Waals surface area contributed by atoms with Crippen molar-refractivity contribution in [2.75, 3.05) is 11.2 Å². The van der Waals surface area contributed by atoms with Crippen molar-refractivity contribution in [1.29, 1.82) is 0 Å². The third-order valence-corrected chi connectivity index (χ3v) is 3.03. The second kappa shape index (κ2) is 3.43. The molecule has 1 aliphatic carbocycles. The van der Waals surface area contributed by atoms with Gasteiger partial charge in [-0.1, -0.05) is 0 Å². The molecule has 0 radical (unpaired) electrons. The molecule has 2 rings (SSSR count). The third-order valence-electron chi connectivity index (χ3n) is 2.72. The molecule has 1 saturated heterocycles. The molecular weight excluding hydrogens is 285 g/mol. The predicted molar refractivity (Wildman–Crippen MR) is 53.6 cm³/mol. The van der Waals surface area contributed by atoms with Gasteiger partial charge < -0.3 is 9.64 Å². The first-order valence-corrected chi connectivity index (χ1v) is 5.77. The van der Waals surface area contributed by atoms with E-state index in [9.17, 15) is 9.59 Å². The Balaban J connectivity index is 1.98. The van der Waals surface area contributed by atoms with Crippen LogP contribution in [0, 0.1) is 5.92 Å². The van der Waals surface area contributed by atoms with Gasteiger partial charge >= 0.3 is 6.09 Å². The smallest absolute Gasteiger partial charge is 0.410 e. The Morgan fingerprint density at radius 3 is 2.92 bits per heavy atom. The molecule has 2 bridgehead atoms. The van der Waals surface area contributed by atoms with Crippen LogP contribution in [0.15, 0.2) is 0 Å². The Morgan fingerprint density at radius 1 is 1.69 bits per heavy atom. The van der Waals surface area contributed by atoms with Crippen molar-refractivity contribution in [3.8, 4) is 0 Å². The van der Waals surface area contributed by atoms with Gasteiger partial charge in [-0.15, -0.1) is 0 Å². The van der Waals surface area contributed by atoms with Crippen LogP contribution in [-0.2, 0) is 9.53 Å². The number of carbonyl (C=O) groups excluding carboxylic acids is 2. The van der Waals surface area contributed by atoms with E-state index in [1.807, 2.05) is 22.6 Å². The monoisotopic (exact) mass is 295 g/mol. The standard InChI is InChI=1S/C8H10INO3/c9-4-13-8(12)10-3-5-1-6(10)2-7(5)11/h5-6H,1-4H2. The number of carbonyl (C=O) groups is 2. The number of Topliss-reactive ketones (excluding diaryl/α,β-unsaturated/α-hetero) is 1. The van der Waals surface area contributed by atoms with Gasteiger partial charge in [-0.25, -0.2) is 4.79 Å². The third kappa shape index (κ3) is 1.53. The average Bonchev–Trinajstić information content (AvgIpc) is 2.62. The van der Waals surface area contributed by atoms with Crippen LogP contribution in [0.25, 0.3) is 0 Å². The maximum Gasteiger partial charge on any atom is 0.410 e. The molecule has 1 amide bonds. The Labute approximate surface area is 89.7 Å². The highest BCUT2D eigenvalue weighted by Gasteiger charge is 2.46. The maximum absolute atomic E-state index is 11.3. The number of piperidine rings is 1. The van der Waals surface area contributed by atoms with Gasteiger partial charge in [0.25, 0.3) is 0 Å². The Bertz CT molecular complexity index is 256. The van der Waals surface area contributed by atoms with E-state index in [0.717, 1.165) is 6.42 Å². The van der Waals surface area contributed by atoms with E-state index in [2.05, 4.69) is 0 Å². The van der Waals surface area contributed by atoms with E-state index >= 15 is 0 Å². The molecule has 13 heavy (non-hydrogen) atoms. The predicted octanol–water partition coefficient (Wildman–Crippen LogP) is 1.18. The topological polar surface area (TPSA) is 46.6 Å². The van der Waals surface area contributed by atoms with Gasteiger partial charge in [-0.3, -0.25) is 4.79 Å². The van der Waals surface area contributed by atoms with Gasteiger partial charge in [-0.05, 0) is 29.0 Å². The molecule has 0 aromatic heterocycles. The first-order chi connectivity index (χ1) is 6.22. The molecular formula is C8H10INO3. The lowest BCUT2D eigenvalue weighted by Gasteiger charge is -2.24. The summed E-state index contributed by atoms with van der Waals surface area (Å²) in [6.45, 7) is 0.568. The molecule has 2 atom stereocenters. The summed E-state index contributed by atoms with van der Waals surface area (Å²) in [5.74, 6) is 0.398. The van der Waals surface area contributed by atoms with Crippen molar-refractivity contribution >= 4 is 34.5 Å². The number of rotatable bonds is 1. The van der Waals surface area contributed by atoms with Crippen LogP contribution in [0.4, 0.5) is 4.79 Å². The number of amides is 1. The first-order valence-electron chi connectivity index (χ1n) is 4.24. The largest absolute Gasteiger partial charge is 0.439 e. The van der Waals surface area contributed by atoms with Crippen molar-refractivity contribution < 1.29 is 14.3 Å². The zero-order valence-electron chi connectivity index (χ0n) is 7.03. The quantitative estimate of drug-likeness (QED) is 0.539. The Hall–Kier alpha value is -0.330. The summed E-state index contributed by atoms with van der Waals surface area (Å²) < 4.78 is 5.25. The molecule has 2 fully saturated rings. The molecule has 2 unspecified atom stereocenters. The minimum Gasteiger partial charge on any atom is -0.439 e. The zero-order chi connectivity index (χ0) is 9.42. The molecule has 72 valence electrons. The van der Waals surface area contributed by atoms with E-state index in [0.29, 0.717) is 23.4 Å². The van der Waals surface area contributed by atoms with Crippen molar-refractivity contribution in [1.82, 2.24) is 4.90 Å². The number of fused-ring (bicyclic) bond motifs is 2. The lowest BCUT2D eigenvalue weighted by atomic mass is 10.1. The maximum atomic E-state index is 11.3. The van der Waals surface area contributed by atoms with Gasteiger partial charge in [0.15, 0.2) is 0 Å². The summed E-state index contributed by atoms with van der Waals surface area (Å²) in [6.07, 6.45) is 1.10. The summed E-state index contributed by atoms with van der Waals surface area (Å²) in [5, 5.41) is 0. The lowest BCUT2D eigenvalue weighted by Crippen LogP contribution is -2.40. The van der Waals surface area contributed by atoms with Gasteiger partial charge in [0.2, 0.25) is 0 Å². The number of ether oxygens (including phenoxy) is 1. The van der Waals surface area contributed by atoms with Crippen molar-refractivity contribution in [2.24, 2.45) is 5.92 Å². The van der Waals surface area contributed by atoms with Crippen LogP contribution < -0.4 is 0 Å². The molecule has 0 N–H and O–H groups in total. The zero-order valence-corrected chi connectivity index (χ0v) is 9.19. The van der Waals surface area contributed by atoms with Gasteiger partial charge in [0.1, 0.15) is 10.4 Å². The molecule has 4 nitrogen and oxygen atoms in total. The van der Waals surface area contributed by atoms with Gasteiger partial charge in [0, 0.05) is 24.9 Å². The number of likely N-dealkylation sites (tertiary alicyclic amines) is 1. The van der Waals surface area contributed by atoms with Crippen LogP contribution in [0.3, 0.4) is 0 Å². The highest BCUT2D eigenvalue weighted by Crippen LogP contribution is 2.35. The van der Waals surface area contributed by atoms with E-state index in [1.165, 1.54) is 0 Å². The van der Waals surface area contributed by atoms with Crippen LogP contribution in [0.2, 0.25) is 0 Å². The number of ketones is 1. The van der Waals surface area contributed by atoms with Crippen molar-refractivity contribution in [3.05, 3.63) is 0 Å². The Morgan fingerprint density at radius 2 is 2.46 bits per heavy atom. The van der Waals surface area contributed by atoms with Crippen LogP contribution >= 0.6 is 22.6 Å². The molecule has 1 aliphatic heterocycles. The van der Waals surface area contributed by atoms with Crippen molar-refractivity contribution in [3.63, 3.8) is 0 Å². The minimum atomic E-state index is -0.269. The van der Waals surface area contributed by atoms with E-state index < -0.39 is 0 Å². The molecule has 0 spiro atoms. The fraction of sp³-hybridized carbons (Fsp3) is 0.750. The average molecular weight is 295 g/mol. The minimum absolute atomic E-state index is 0.0896. The first kappa shape index (κ1) is 9.23. The lowest BCUT2D eigenvalue weighted by molar-refractivity contribution is -0.122. The van der Waals surface area contributed by atoms with E-state index in [-0.39, 0.29) is 18.1 Å². The summed E-state index contributed by atoms with van der Waals surface area (Å²) in [4.78, 5) is 24.2. The van der Waals surface area contributed by atoms with Crippen LogP contribution in [0.1, 0.15) is 12.8 Å². The summed E-state index contributed by atoms with van der Waals surface area (Å²) in [7, 11) is 0.